The molecule has 0 aliphatic heterocycles. The van der Waals surface area contributed by atoms with Crippen LogP contribution in [0.5, 0.6) is 0 Å². The predicted molar refractivity (Wildman–Crippen MR) is 83.6 cm³/mol. The molecular formula is C14H16ClN3OS. The number of nitrogens with two attached hydrogens (primary N) is 1. The molecule has 0 amide bonds. The number of nitrogens with one attached hydrogen (secondary N) is 1. The van der Waals surface area contributed by atoms with Crippen LogP contribution in [0.1, 0.15) is 22.3 Å². The van der Waals surface area contributed by atoms with E-state index in [0.29, 0.717) is 17.1 Å². The molecule has 4 nitrogen and oxygen atoms in total. The van der Waals surface area contributed by atoms with Gasteiger partial charge in [-0.1, -0.05) is 28.9 Å². The minimum Gasteiger partial charge on any atom is -0.409 e. The van der Waals surface area contributed by atoms with E-state index in [2.05, 4.69) is 28.2 Å². The molecule has 20 heavy (non-hydrogen) atoms. The summed E-state index contributed by atoms with van der Waals surface area (Å²) >= 11 is 7.90. The summed E-state index contributed by atoms with van der Waals surface area (Å²) in [5.74, 6) is 0.0558. The van der Waals surface area contributed by atoms with Gasteiger partial charge in [0.1, 0.15) is 0 Å². The number of nitrogens with zero attached hydrogens (tertiary/aromatic N) is 1. The first kappa shape index (κ1) is 14.8. The molecule has 1 aromatic carbocycles. The van der Waals surface area contributed by atoms with Gasteiger partial charge in [0, 0.05) is 23.7 Å². The maximum atomic E-state index is 8.63. The predicted octanol–water partition coefficient (Wildman–Crippen LogP) is 3.09. The first-order valence-electron chi connectivity index (χ1n) is 6.10. The molecule has 0 spiro atoms. The SMILES string of the molecule is Cc1cscc1CNCc1ccc(/C(N)=N/O)cc1Cl. The Hall–Kier alpha value is -1.56. The summed E-state index contributed by atoms with van der Waals surface area (Å²) in [6, 6.07) is 5.36. The average molecular weight is 310 g/mol. The maximum Gasteiger partial charge on any atom is 0.170 e. The fourth-order valence-electron chi connectivity index (χ4n) is 1.81. The van der Waals surface area contributed by atoms with Crippen LogP contribution >= 0.6 is 22.9 Å². The van der Waals surface area contributed by atoms with Gasteiger partial charge in [-0.15, -0.1) is 0 Å². The summed E-state index contributed by atoms with van der Waals surface area (Å²) in [4.78, 5) is 0. The van der Waals surface area contributed by atoms with Crippen molar-refractivity contribution in [2.24, 2.45) is 10.9 Å². The Morgan fingerprint density at radius 1 is 1.35 bits per heavy atom. The van der Waals surface area contributed by atoms with Crippen LogP contribution in [0, 0.1) is 6.92 Å². The lowest BCUT2D eigenvalue weighted by atomic mass is 10.1. The number of oxime groups is 1. The number of hydrogen-bond donors (Lipinski definition) is 3. The quantitative estimate of drug-likeness (QED) is 0.344. The number of rotatable bonds is 5. The molecule has 0 fully saturated rings. The Labute approximate surface area is 126 Å². The van der Waals surface area contributed by atoms with Crippen molar-refractivity contribution >= 4 is 28.8 Å². The highest BCUT2D eigenvalue weighted by Crippen LogP contribution is 2.18. The van der Waals surface area contributed by atoms with Crippen molar-refractivity contribution in [3.8, 4) is 0 Å². The molecule has 2 rings (SSSR count). The standard InChI is InChI=1S/C14H16ClN3OS/c1-9-7-20-8-12(9)6-17-5-11-3-2-10(4-13(11)15)14(16)18-19/h2-4,7-8,17,19H,5-6H2,1H3,(H2,16,18). The van der Waals surface area contributed by atoms with Gasteiger partial charge < -0.3 is 16.3 Å². The van der Waals surface area contributed by atoms with E-state index < -0.39 is 0 Å². The highest BCUT2D eigenvalue weighted by Gasteiger charge is 2.05. The van der Waals surface area contributed by atoms with Gasteiger partial charge in [0.2, 0.25) is 0 Å². The van der Waals surface area contributed by atoms with Crippen molar-refractivity contribution in [3.05, 3.63) is 56.2 Å². The van der Waals surface area contributed by atoms with Crippen LogP contribution in [0.3, 0.4) is 0 Å². The van der Waals surface area contributed by atoms with Gasteiger partial charge in [-0.05, 0) is 40.4 Å². The third kappa shape index (κ3) is 3.50. The Bertz CT molecular complexity index is 625. The molecule has 0 saturated carbocycles. The van der Waals surface area contributed by atoms with Crippen molar-refractivity contribution in [2.75, 3.05) is 0 Å². The second-order valence-corrected chi connectivity index (χ2v) is 5.63. The minimum absolute atomic E-state index is 0.0558. The van der Waals surface area contributed by atoms with Crippen LogP contribution in [0.15, 0.2) is 34.1 Å². The van der Waals surface area contributed by atoms with Crippen molar-refractivity contribution in [1.82, 2.24) is 5.32 Å². The zero-order valence-electron chi connectivity index (χ0n) is 11.1. The van der Waals surface area contributed by atoms with Crippen molar-refractivity contribution < 1.29 is 5.21 Å². The Morgan fingerprint density at radius 2 is 2.10 bits per heavy atom. The number of amidine groups is 1. The van der Waals surface area contributed by atoms with E-state index in [9.17, 15) is 0 Å². The van der Waals surface area contributed by atoms with Crippen LogP contribution < -0.4 is 11.1 Å². The van der Waals surface area contributed by atoms with Gasteiger partial charge in [-0.25, -0.2) is 0 Å². The lowest BCUT2D eigenvalue weighted by molar-refractivity contribution is 0.318. The van der Waals surface area contributed by atoms with Crippen LogP contribution in [-0.2, 0) is 13.1 Å². The van der Waals surface area contributed by atoms with Gasteiger partial charge in [0.05, 0.1) is 0 Å². The first-order chi connectivity index (χ1) is 9.61. The molecule has 6 heteroatoms. The highest BCUT2D eigenvalue weighted by molar-refractivity contribution is 7.08. The molecule has 106 valence electrons. The van der Waals surface area contributed by atoms with Crippen molar-refractivity contribution in [2.45, 2.75) is 20.0 Å². The highest BCUT2D eigenvalue weighted by atomic mass is 35.5. The number of halogens is 1. The third-order valence-electron chi connectivity index (χ3n) is 3.05. The smallest absolute Gasteiger partial charge is 0.170 e. The Morgan fingerprint density at radius 3 is 2.70 bits per heavy atom. The fourth-order valence-corrected chi connectivity index (χ4v) is 2.91. The third-order valence-corrected chi connectivity index (χ3v) is 4.31. The molecule has 1 aromatic heterocycles. The van der Waals surface area contributed by atoms with Gasteiger partial charge in [0.25, 0.3) is 0 Å². The molecule has 4 N–H and O–H groups in total. The van der Waals surface area contributed by atoms with Crippen LogP contribution in [0.2, 0.25) is 5.02 Å². The summed E-state index contributed by atoms with van der Waals surface area (Å²) < 4.78 is 0. The zero-order valence-corrected chi connectivity index (χ0v) is 12.6. The van der Waals surface area contributed by atoms with E-state index in [1.54, 1.807) is 23.5 Å². The van der Waals surface area contributed by atoms with E-state index in [1.807, 2.05) is 6.07 Å². The summed E-state index contributed by atoms with van der Waals surface area (Å²) in [5, 5.41) is 19.8. The molecule has 0 radical (unpaired) electrons. The Balaban J connectivity index is 1.98. The van der Waals surface area contributed by atoms with Gasteiger partial charge in [-0.3, -0.25) is 0 Å². The van der Waals surface area contributed by atoms with Gasteiger partial charge in [-0.2, -0.15) is 11.3 Å². The Kier molecular flexibility index (Phi) is 5.00. The van der Waals surface area contributed by atoms with Crippen LogP contribution in [0.4, 0.5) is 0 Å². The first-order valence-corrected chi connectivity index (χ1v) is 7.42. The summed E-state index contributed by atoms with van der Waals surface area (Å²) in [6.07, 6.45) is 0. The molecule has 0 atom stereocenters. The lowest BCUT2D eigenvalue weighted by Crippen LogP contribution is -2.15. The fraction of sp³-hybridized carbons (Fsp3) is 0.214. The summed E-state index contributed by atoms with van der Waals surface area (Å²) in [7, 11) is 0. The van der Waals surface area contributed by atoms with Crippen LogP contribution in [-0.4, -0.2) is 11.0 Å². The summed E-state index contributed by atoms with van der Waals surface area (Å²) in [6.45, 7) is 3.59. The largest absolute Gasteiger partial charge is 0.409 e. The normalized spacial score (nSPS) is 11.8. The number of thiophene rings is 1. The van der Waals surface area contributed by atoms with E-state index in [1.165, 1.54) is 11.1 Å². The second kappa shape index (κ2) is 6.74. The molecule has 2 aromatic rings. The molecular weight excluding hydrogens is 294 g/mol. The van der Waals surface area contributed by atoms with Gasteiger partial charge >= 0.3 is 0 Å². The molecule has 0 aliphatic rings. The second-order valence-electron chi connectivity index (χ2n) is 4.48. The number of aryl methyl sites for hydroxylation is 1. The topological polar surface area (TPSA) is 70.6 Å². The maximum absolute atomic E-state index is 8.63. The minimum atomic E-state index is 0.0558. The van der Waals surface area contributed by atoms with E-state index in [4.69, 9.17) is 22.5 Å². The number of hydrogen-bond acceptors (Lipinski definition) is 4. The van der Waals surface area contributed by atoms with E-state index in [-0.39, 0.29) is 5.84 Å². The summed E-state index contributed by atoms with van der Waals surface area (Å²) in [5.41, 5.74) is 9.71. The number of benzene rings is 1. The van der Waals surface area contributed by atoms with E-state index >= 15 is 0 Å². The lowest BCUT2D eigenvalue weighted by Gasteiger charge is -2.08. The van der Waals surface area contributed by atoms with Crippen molar-refractivity contribution in [1.29, 1.82) is 0 Å². The van der Waals surface area contributed by atoms with Crippen LogP contribution in [0.25, 0.3) is 0 Å². The molecule has 0 unspecified atom stereocenters. The molecule has 1 heterocycles. The van der Waals surface area contributed by atoms with Gasteiger partial charge in [0.15, 0.2) is 5.84 Å². The van der Waals surface area contributed by atoms with Crippen molar-refractivity contribution in [3.63, 3.8) is 0 Å². The zero-order chi connectivity index (χ0) is 14.5. The molecule has 0 aliphatic carbocycles. The average Bonchev–Trinajstić information content (AvgIpc) is 2.85. The van der Waals surface area contributed by atoms with E-state index in [0.717, 1.165) is 12.1 Å². The molecule has 0 bridgehead atoms. The monoisotopic (exact) mass is 309 g/mol. The molecule has 0 saturated heterocycles.